The van der Waals surface area contributed by atoms with Gasteiger partial charge in [-0.2, -0.15) is 5.26 Å². The third-order valence-corrected chi connectivity index (χ3v) is 2.60. The summed E-state index contributed by atoms with van der Waals surface area (Å²) >= 11 is 0. The summed E-state index contributed by atoms with van der Waals surface area (Å²) in [6.07, 6.45) is -0.123. The molecule has 0 fully saturated rings. The van der Waals surface area contributed by atoms with Gasteiger partial charge in [0.2, 0.25) is 0 Å². The van der Waals surface area contributed by atoms with Crippen LogP contribution >= 0.6 is 0 Å². The fourth-order valence-electron chi connectivity index (χ4n) is 1.31. The number of nitriles is 1. The maximum atomic E-state index is 13.3. The first-order chi connectivity index (χ1) is 7.40. The standard InChI is InChI=1S/C12H11F2NO/c1-8(16)12(2,7-15)6-9-4-3-5-10(13)11(9)14/h3-5H,6H2,1-2H3. The normalized spacial score (nSPS) is 13.9. The van der Waals surface area contributed by atoms with Crippen molar-refractivity contribution in [3.8, 4) is 6.07 Å². The average Bonchev–Trinajstić information content (AvgIpc) is 2.24. The van der Waals surface area contributed by atoms with Crippen molar-refractivity contribution in [2.75, 3.05) is 0 Å². The van der Waals surface area contributed by atoms with Crippen molar-refractivity contribution in [3.05, 3.63) is 35.4 Å². The van der Waals surface area contributed by atoms with Gasteiger partial charge in [0.05, 0.1) is 6.07 Å². The molecular weight excluding hydrogens is 212 g/mol. The molecule has 2 nitrogen and oxygen atoms in total. The number of benzene rings is 1. The molecule has 0 radical (unpaired) electrons. The SMILES string of the molecule is CC(=O)C(C)(C#N)Cc1cccc(F)c1F. The highest BCUT2D eigenvalue weighted by atomic mass is 19.2. The van der Waals surface area contributed by atoms with Crippen molar-refractivity contribution in [1.29, 1.82) is 5.26 Å². The Bertz CT molecular complexity index is 465. The smallest absolute Gasteiger partial charge is 0.162 e. The van der Waals surface area contributed by atoms with Crippen LogP contribution in [-0.4, -0.2) is 5.78 Å². The Labute approximate surface area is 92.5 Å². The van der Waals surface area contributed by atoms with E-state index < -0.39 is 17.0 Å². The zero-order valence-corrected chi connectivity index (χ0v) is 9.05. The van der Waals surface area contributed by atoms with Crippen molar-refractivity contribution >= 4 is 5.78 Å². The molecule has 0 spiro atoms. The Morgan fingerprint density at radius 1 is 1.50 bits per heavy atom. The zero-order chi connectivity index (χ0) is 12.3. The van der Waals surface area contributed by atoms with Gasteiger partial charge in [-0.25, -0.2) is 8.78 Å². The Morgan fingerprint density at radius 3 is 2.62 bits per heavy atom. The molecule has 0 saturated heterocycles. The van der Waals surface area contributed by atoms with Gasteiger partial charge in [0.25, 0.3) is 0 Å². The summed E-state index contributed by atoms with van der Waals surface area (Å²) < 4.78 is 26.3. The van der Waals surface area contributed by atoms with Crippen molar-refractivity contribution in [2.24, 2.45) is 5.41 Å². The minimum absolute atomic E-state index is 0.0410. The van der Waals surface area contributed by atoms with E-state index in [9.17, 15) is 13.6 Å². The highest BCUT2D eigenvalue weighted by Crippen LogP contribution is 2.25. The van der Waals surface area contributed by atoms with E-state index in [1.54, 1.807) is 0 Å². The molecule has 0 bridgehead atoms. The highest BCUT2D eigenvalue weighted by Gasteiger charge is 2.31. The largest absolute Gasteiger partial charge is 0.298 e. The van der Waals surface area contributed by atoms with E-state index in [2.05, 4.69) is 0 Å². The van der Waals surface area contributed by atoms with Crippen molar-refractivity contribution in [1.82, 2.24) is 0 Å². The number of Topliss-reactive ketones (excluding diaryl/α,β-unsaturated/α-hetero) is 1. The minimum Gasteiger partial charge on any atom is -0.298 e. The molecule has 0 aliphatic heterocycles. The van der Waals surface area contributed by atoms with Crippen molar-refractivity contribution in [2.45, 2.75) is 20.3 Å². The third-order valence-electron chi connectivity index (χ3n) is 2.60. The molecule has 0 N–H and O–H groups in total. The predicted molar refractivity (Wildman–Crippen MR) is 54.5 cm³/mol. The van der Waals surface area contributed by atoms with Crippen LogP contribution in [0.1, 0.15) is 19.4 Å². The van der Waals surface area contributed by atoms with Crippen LogP contribution in [0.2, 0.25) is 0 Å². The molecule has 0 heterocycles. The van der Waals surface area contributed by atoms with Crippen LogP contribution in [0.4, 0.5) is 8.78 Å². The van der Waals surface area contributed by atoms with Gasteiger partial charge in [-0.3, -0.25) is 4.79 Å². The maximum absolute atomic E-state index is 13.3. The Morgan fingerprint density at radius 2 is 2.12 bits per heavy atom. The summed E-state index contributed by atoms with van der Waals surface area (Å²) in [5, 5.41) is 8.89. The molecule has 84 valence electrons. The van der Waals surface area contributed by atoms with Crippen LogP contribution < -0.4 is 0 Å². The molecule has 1 atom stereocenters. The summed E-state index contributed by atoms with van der Waals surface area (Å²) in [6.45, 7) is 2.68. The quantitative estimate of drug-likeness (QED) is 0.790. The molecule has 1 aromatic rings. The number of halogens is 2. The van der Waals surface area contributed by atoms with Gasteiger partial charge >= 0.3 is 0 Å². The summed E-state index contributed by atoms with van der Waals surface area (Å²) in [4.78, 5) is 11.3. The van der Waals surface area contributed by atoms with E-state index in [1.807, 2.05) is 6.07 Å². The second-order valence-electron chi connectivity index (χ2n) is 3.89. The number of carbonyl (C=O) groups excluding carboxylic acids is 1. The zero-order valence-electron chi connectivity index (χ0n) is 9.05. The van der Waals surface area contributed by atoms with Crippen LogP contribution in [0.25, 0.3) is 0 Å². The summed E-state index contributed by atoms with van der Waals surface area (Å²) in [5.41, 5.74) is -1.27. The van der Waals surface area contributed by atoms with Crippen LogP contribution in [-0.2, 0) is 11.2 Å². The molecule has 0 aromatic heterocycles. The highest BCUT2D eigenvalue weighted by molar-refractivity contribution is 5.85. The summed E-state index contributed by atoms with van der Waals surface area (Å²) in [7, 11) is 0. The molecule has 0 aliphatic carbocycles. The molecule has 1 aromatic carbocycles. The summed E-state index contributed by atoms with van der Waals surface area (Å²) in [5.74, 6) is -2.33. The van der Waals surface area contributed by atoms with Crippen molar-refractivity contribution < 1.29 is 13.6 Å². The topological polar surface area (TPSA) is 40.9 Å². The molecule has 1 rings (SSSR count). The molecule has 0 amide bonds. The lowest BCUT2D eigenvalue weighted by Crippen LogP contribution is -2.26. The first-order valence-electron chi connectivity index (χ1n) is 4.76. The number of rotatable bonds is 3. The van der Waals surface area contributed by atoms with Crippen molar-refractivity contribution in [3.63, 3.8) is 0 Å². The Balaban J connectivity index is 3.10. The monoisotopic (exact) mass is 223 g/mol. The van der Waals surface area contributed by atoms with Crippen LogP contribution in [0.5, 0.6) is 0 Å². The van der Waals surface area contributed by atoms with E-state index >= 15 is 0 Å². The van der Waals surface area contributed by atoms with Gasteiger partial charge in [-0.05, 0) is 25.5 Å². The Hall–Kier alpha value is -1.76. The van der Waals surface area contributed by atoms with Gasteiger partial charge in [0.15, 0.2) is 11.6 Å². The fraction of sp³-hybridized carbons (Fsp3) is 0.333. The number of hydrogen-bond donors (Lipinski definition) is 0. The van der Waals surface area contributed by atoms with E-state index in [-0.39, 0.29) is 17.8 Å². The van der Waals surface area contributed by atoms with Gasteiger partial charge < -0.3 is 0 Å². The third kappa shape index (κ3) is 2.25. The first kappa shape index (κ1) is 12.3. The number of carbonyl (C=O) groups is 1. The van der Waals surface area contributed by atoms with Gasteiger partial charge in [-0.15, -0.1) is 0 Å². The van der Waals surface area contributed by atoms with E-state index in [0.717, 1.165) is 6.07 Å². The van der Waals surface area contributed by atoms with Crippen LogP contribution in [0.15, 0.2) is 18.2 Å². The second-order valence-corrected chi connectivity index (χ2v) is 3.89. The van der Waals surface area contributed by atoms with Gasteiger partial charge in [0.1, 0.15) is 11.2 Å². The minimum atomic E-state index is -1.31. The number of ketones is 1. The molecule has 0 saturated carbocycles. The lowest BCUT2D eigenvalue weighted by Gasteiger charge is -2.18. The lowest BCUT2D eigenvalue weighted by molar-refractivity contribution is -0.123. The maximum Gasteiger partial charge on any atom is 0.162 e. The first-order valence-corrected chi connectivity index (χ1v) is 4.76. The molecule has 4 heteroatoms. The lowest BCUT2D eigenvalue weighted by atomic mass is 9.81. The van der Waals surface area contributed by atoms with E-state index in [4.69, 9.17) is 5.26 Å². The van der Waals surface area contributed by atoms with E-state index in [0.29, 0.717) is 0 Å². The van der Waals surface area contributed by atoms with E-state index in [1.165, 1.54) is 26.0 Å². The number of hydrogen-bond acceptors (Lipinski definition) is 2. The van der Waals surface area contributed by atoms with Gasteiger partial charge in [-0.1, -0.05) is 12.1 Å². The predicted octanol–water partition coefficient (Wildman–Crippen LogP) is 2.63. The van der Waals surface area contributed by atoms with Crippen LogP contribution in [0, 0.1) is 28.4 Å². The number of nitrogens with zero attached hydrogens (tertiary/aromatic N) is 1. The fourth-order valence-corrected chi connectivity index (χ4v) is 1.31. The molecule has 0 aliphatic rings. The average molecular weight is 223 g/mol. The van der Waals surface area contributed by atoms with Gasteiger partial charge in [0, 0.05) is 6.42 Å². The molecule has 1 unspecified atom stereocenters. The Kier molecular flexibility index (Phi) is 3.38. The summed E-state index contributed by atoms with van der Waals surface area (Å²) in [6, 6.07) is 5.56. The van der Waals surface area contributed by atoms with Crippen LogP contribution in [0.3, 0.4) is 0 Å². The second kappa shape index (κ2) is 4.40. The molecular formula is C12H11F2NO. The molecule has 16 heavy (non-hydrogen) atoms.